The molecule has 1 aromatic rings. The Morgan fingerprint density at radius 2 is 2.21 bits per heavy atom. The predicted octanol–water partition coefficient (Wildman–Crippen LogP) is 1.70. The van der Waals surface area contributed by atoms with Gasteiger partial charge in [-0.2, -0.15) is 0 Å². The lowest BCUT2D eigenvalue weighted by Crippen LogP contribution is -2.43. The summed E-state index contributed by atoms with van der Waals surface area (Å²) in [4.78, 5) is 11.2. The molecule has 0 unspecified atom stereocenters. The third-order valence-corrected chi connectivity index (χ3v) is 1.94. The zero-order valence-corrected chi connectivity index (χ0v) is 8.97. The third-order valence-electron chi connectivity index (χ3n) is 1.32. The molecule has 0 spiro atoms. The number of rotatable bonds is 2. The van der Waals surface area contributed by atoms with Gasteiger partial charge in [0.2, 0.25) is 3.79 Å². The molecule has 2 N–H and O–H groups in total. The van der Waals surface area contributed by atoms with Crippen molar-refractivity contribution in [1.29, 1.82) is 0 Å². The molecule has 7 heteroatoms. The van der Waals surface area contributed by atoms with Gasteiger partial charge in [-0.3, -0.25) is 4.79 Å². The number of carbonyl (C=O) groups is 1. The highest BCUT2D eigenvalue weighted by molar-refractivity contribution is 6.68. The van der Waals surface area contributed by atoms with Crippen LogP contribution in [-0.2, 0) is 0 Å². The molecule has 0 aromatic carbocycles. The summed E-state index contributed by atoms with van der Waals surface area (Å²) < 4.78 is 2.79. The van der Waals surface area contributed by atoms with Gasteiger partial charge in [-0.05, 0) is 12.1 Å². The lowest BCUT2D eigenvalue weighted by molar-refractivity contribution is 0.0764. The van der Waals surface area contributed by atoms with Crippen molar-refractivity contribution in [3.8, 4) is 0 Å². The van der Waals surface area contributed by atoms with Gasteiger partial charge in [0.1, 0.15) is 0 Å². The van der Waals surface area contributed by atoms with Gasteiger partial charge < -0.3 is 14.8 Å². The number of halogens is 3. The van der Waals surface area contributed by atoms with Crippen LogP contribution in [0.1, 0.15) is 10.6 Å². The van der Waals surface area contributed by atoms with Crippen LogP contribution in [0, 0.1) is 0 Å². The van der Waals surface area contributed by atoms with Crippen LogP contribution >= 0.6 is 34.8 Å². The van der Waals surface area contributed by atoms with Gasteiger partial charge in [0.15, 0.2) is 12.0 Å². The molecule has 0 fully saturated rings. The molecule has 1 atom stereocenters. The van der Waals surface area contributed by atoms with Crippen molar-refractivity contribution in [2.24, 2.45) is 0 Å². The molecule has 1 rings (SSSR count). The summed E-state index contributed by atoms with van der Waals surface area (Å²) in [5.41, 5.74) is 0. The average molecular weight is 258 g/mol. The van der Waals surface area contributed by atoms with Crippen LogP contribution in [0.3, 0.4) is 0 Å². The maximum Gasteiger partial charge on any atom is 0.289 e. The fourth-order valence-corrected chi connectivity index (χ4v) is 0.849. The fraction of sp³-hybridized carbons (Fsp3) is 0.286. The molecule has 0 saturated heterocycles. The maximum atomic E-state index is 11.2. The van der Waals surface area contributed by atoms with E-state index in [4.69, 9.17) is 39.2 Å². The summed E-state index contributed by atoms with van der Waals surface area (Å²) in [6.45, 7) is 0. The molecule has 1 aromatic heterocycles. The summed E-state index contributed by atoms with van der Waals surface area (Å²) in [5, 5.41) is 11.2. The van der Waals surface area contributed by atoms with Crippen LogP contribution in [0.25, 0.3) is 0 Å². The average Bonchev–Trinajstić information content (AvgIpc) is 2.53. The van der Waals surface area contributed by atoms with Crippen LogP contribution in [0.15, 0.2) is 22.8 Å². The van der Waals surface area contributed by atoms with E-state index in [1.54, 1.807) is 0 Å². The summed E-state index contributed by atoms with van der Waals surface area (Å²) >= 11 is 16.0. The molecule has 0 bridgehead atoms. The SMILES string of the molecule is O=C(N[C@@H](O)C(Cl)(Cl)Cl)c1ccco1. The Labute approximate surface area is 94.7 Å². The standard InChI is InChI=1S/C7H6Cl3NO3/c8-7(9,10)6(13)11-5(12)4-2-1-3-14-4/h1-3,6,13H,(H,11,12)/t6-/m0/s1. The second kappa shape index (κ2) is 4.40. The maximum absolute atomic E-state index is 11.2. The number of amides is 1. The number of alkyl halides is 3. The van der Waals surface area contributed by atoms with Crippen LogP contribution in [0.5, 0.6) is 0 Å². The van der Waals surface area contributed by atoms with E-state index in [0.717, 1.165) is 0 Å². The Bertz CT molecular complexity index is 306. The van der Waals surface area contributed by atoms with Crippen LogP contribution in [-0.4, -0.2) is 21.0 Å². The Morgan fingerprint density at radius 1 is 1.57 bits per heavy atom. The van der Waals surface area contributed by atoms with Crippen LogP contribution in [0.4, 0.5) is 0 Å². The van der Waals surface area contributed by atoms with Crippen molar-refractivity contribution < 1.29 is 14.3 Å². The van der Waals surface area contributed by atoms with Gasteiger partial charge in [0.05, 0.1) is 6.26 Å². The topological polar surface area (TPSA) is 62.5 Å². The lowest BCUT2D eigenvalue weighted by Gasteiger charge is -2.19. The highest BCUT2D eigenvalue weighted by Crippen LogP contribution is 2.28. The smallest absolute Gasteiger partial charge is 0.289 e. The van der Waals surface area contributed by atoms with E-state index >= 15 is 0 Å². The van der Waals surface area contributed by atoms with E-state index in [1.807, 2.05) is 5.32 Å². The summed E-state index contributed by atoms with van der Waals surface area (Å²) in [6, 6.07) is 2.94. The van der Waals surface area contributed by atoms with Gasteiger partial charge >= 0.3 is 0 Å². The molecular weight excluding hydrogens is 252 g/mol. The van der Waals surface area contributed by atoms with Crippen molar-refractivity contribution in [3.63, 3.8) is 0 Å². The normalized spacial score (nSPS) is 13.7. The zero-order chi connectivity index (χ0) is 10.8. The minimum Gasteiger partial charge on any atom is -0.459 e. The Kier molecular flexibility index (Phi) is 3.66. The summed E-state index contributed by atoms with van der Waals surface area (Å²) in [5.74, 6) is -0.632. The number of hydrogen-bond acceptors (Lipinski definition) is 3. The Morgan fingerprint density at radius 3 is 2.64 bits per heavy atom. The van der Waals surface area contributed by atoms with Crippen molar-refractivity contribution in [3.05, 3.63) is 24.2 Å². The van der Waals surface area contributed by atoms with Gasteiger partial charge in [-0.1, -0.05) is 34.8 Å². The van der Waals surface area contributed by atoms with Crippen molar-refractivity contribution in [1.82, 2.24) is 5.32 Å². The second-order valence-corrected chi connectivity index (χ2v) is 4.76. The monoisotopic (exact) mass is 257 g/mol. The number of hydrogen-bond donors (Lipinski definition) is 2. The van der Waals surface area contributed by atoms with Gasteiger partial charge in [0, 0.05) is 0 Å². The Hall–Kier alpha value is -0.420. The van der Waals surface area contributed by atoms with E-state index in [-0.39, 0.29) is 5.76 Å². The van der Waals surface area contributed by atoms with Gasteiger partial charge in [-0.15, -0.1) is 0 Å². The number of furan rings is 1. The second-order valence-electron chi connectivity index (χ2n) is 2.39. The highest BCUT2D eigenvalue weighted by atomic mass is 35.6. The number of aliphatic hydroxyl groups excluding tert-OH is 1. The van der Waals surface area contributed by atoms with E-state index in [1.165, 1.54) is 18.4 Å². The van der Waals surface area contributed by atoms with E-state index in [2.05, 4.69) is 0 Å². The number of carbonyl (C=O) groups excluding carboxylic acids is 1. The lowest BCUT2D eigenvalue weighted by atomic mass is 10.4. The molecule has 1 heterocycles. The molecule has 0 radical (unpaired) electrons. The molecule has 1 amide bonds. The minimum absolute atomic E-state index is 0.0262. The predicted molar refractivity (Wildman–Crippen MR) is 52.5 cm³/mol. The highest BCUT2D eigenvalue weighted by Gasteiger charge is 2.32. The molecule has 4 nitrogen and oxygen atoms in total. The first kappa shape index (κ1) is 11.7. The number of aliphatic hydroxyl groups is 1. The molecule has 0 saturated carbocycles. The largest absolute Gasteiger partial charge is 0.459 e. The molecule has 78 valence electrons. The quantitative estimate of drug-likeness (QED) is 0.627. The third kappa shape index (κ3) is 3.06. The minimum atomic E-state index is -1.97. The van der Waals surface area contributed by atoms with E-state index in [9.17, 15) is 9.90 Å². The number of nitrogens with one attached hydrogen (secondary N) is 1. The Balaban J connectivity index is 2.58. The van der Waals surface area contributed by atoms with Gasteiger partial charge in [0.25, 0.3) is 5.91 Å². The fourth-order valence-electron chi connectivity index (χ4n) is 0.685. The van der Waals surface area contributed by atoms with Crippen molar-refractivity contribution in [2.45, 2.75) is 10.0 Å². The molecular formula is C7H6Cl3NO3. The summed E-state index contributed by atoms with van der Waals surface area (Å²) in [6.07, 6.45) is -0.276. The molecule has 0 aliphatic carbocycles. The first-order chi connectivity index (χ1) is 6.41. The summed E-state index contributed by atoms with van der Waals surface area (Å²) in [7, 11) is 0. The van der Waals surface area contributed by atoms with Gasteiger partial charge in [-0.25, -0.2) is 0 Å². The molecule has 14 heavy (non-hydrogen) atoms. The van der Waals surface area contributed by atoms with Crippen LogP contribution < -0.4 is 5.32 Å². The molecule has 0 aliphatic rings. The first-order valence-electron chi connectivity index (χ1n) is 3.50. The van der Waals surface area contributed by atoms with Crippen molar-refractivity contribution in [2.75, 3.05) is 0 Å². The first-order valence-corrected chi connectivity index (χ1v) is 4.64. The van der Waals surface area contributed by atoms with E-state index in [0.29, 0.717) is 0 Å². The zero-order valence-electron chi connectivity index (χ0n) is 6.71. The van der Waals surface area contributed by atoms with Crippen molar-refractivity contribution >= 4 is 40.7 Å². The molecule has 0 aliphatic heterocycles. The van der Waals surface area contributed by atoms with E-state index < -0.39 is 15.9 Å². The van der Waals surface area contributed by atoms with Crippen LogP contribution in [0.2, 0.25) is 0 Å².